The summed E-state index contributed by atoms with van der Waals surface area (Å²) < 4.78 is 20.5. The second kappa shape index (κ2) is 11.6. The van der Waals surface area contributed by atoms with Crippen LogP contribution in [0.1, 0.15) is 0 Å². The highest BCUT2D eigenvalue weighted by Crippen LogP contribution is 2.71. The Morgan fingerprint density at radius 2 is 0.804 bits per heavy atom. The predicted octanol–water partition coefficient (Wildman–Crippen LogP) is 10.3. The Morgan fingerprint density at radius 1 is 0.413 bits per heavy atom. The highest BCUT2D eigenvalue weighted by molar-refractivity contribution is 7.76. The summed E-state index contributed by atoms with van der Waals surface area (Å²) in [5.74, 6) is 0.601. The zero-order valence-corrected chi connectivity index (χ0v) is 25.8. The maximum atomic E-state index is 16.5. The van der Waals surface area contributed by atoms with Crippen molar-refractivity contribution in [2.75, 3.05) is 9.34 Å². The molecule has 46 heavy (non-hydrogen) atoms. The number of nitrogens with zero attached hydrogens (tertiary/aromatic N) is 4. The Morgan fingerprint density at radius 3 is 1.30 bits per heavy atom. The zero-order valence-electron chi connectivity index (χ0n) is 24.9. The summed E-state index contributed by atoms with van der Waals surface area (Å²) in [5.41, 5.74) is 7.33. The Balaban J connectivity index is 1.53. The Hall–Kier alpha value is -5.77. The van der Waals surface area contributed by atoms with Crippen molar-refractivity contribution in [3.63, 3.8) is 0 Å². The topological polar surface area (TPSA) is 49.3 Å². The molecule has 0 amide bonds. The third-order valence-electron chi connectivity index (χ3n) is 8.20. The smallest absolute Gasteiger partial charge is 0.270 e. The van der Waals surface area contributed by atoms with E-state index in [1.165, 1.54) is 0 Å². The molecule has 0 aliphatic carbocycles. The van der Waals surface area contributed by atoms with Gasteiger partial charge in [-0.1, -0.05) is 140 Å². The van der Waals surface area contributed by atoms with E-state index in [0.29, 0.717) is 28.2 Å². The van der Waals surface area contributed by atoms with E-state index in [1.54, 1.807) is 0 Å². The predicted molar refractivity (Wildman–Crippen MR) is 189 cm³/mol. The van der Waals surface area contributed by atoms with Gasteiger partial charge in [-0.15, -0.1) is 0 Å². The second-order valence-corrected chi connectivity index (χ2v) is 13.4. The van der Waals surface area contributed by atoms with Crippen molar-refractivity contribution in [2.45, 2.75) is 0 Å². The van der Waals surface area contributed by atoms with E-state index in [0.717, 1.165) is 33.8 Å². The molecule has 0 saturated heterocycles. The molecule has 6 aromatic carbocycles. The van der Waals surface area contributed by atoms with E-state index in [4.69, 9.17) is 9.97 Å². The molecular weight excluding hydrogens is 583 g/mol. The Bertz CT molecular complexity index is 2120. The van der Waals surface area contributed by atoms with E-state index in [9.17, 15) is 0 Å². The molecule has 6 heteroatoms. The first-order chi connectivity index (χ1) is 22.7. The van der Waals surface area contributed by atoms with Gasteiger partial charge in [-0.2, -0.15) is 0 Å². The minimum Gasteiger partial charge on any atom is -0.270 e. The summed E-state index contributed by atoms with van der Waals surface area (Å²) in [4.78, 5) is 10.6. The fraction of sp³-hybridized carbons (Fsp3) is 0. The average Bonchev–Trinajstić information content (AvgIpc) is 3.41. The normalized spacial score (nSPS) is 15.5. The highest BCUT2D eigenvalue weighted by atomic mass is 31.2. The van der Waals surface area contributed by atoms with Crippen molar-refractivity contribution in [3.8, 4) is 33.9 Å². The van der Waals surface area contributed by atoms with Crippen molar-refractivity contribution in [1.29, 1.82) is 0 Å². The highest BCUT2D eigenvalue weighted by Gasteiger charge is 2.50. The summed E-state index contributed by atoms with van der Waals surface area (Å²) in [6.07, 6.45) is 0. The lowest BCUT2D eigenvalue weighted by Gasteiger charge is -2.34. The third kappa shape index (κ3) is 4.61. The first-order valence-corrected chi connectivity index (χ1v) is 16.8. The van der Waals surface area contributed by atoms with E-state index >= 15 is 4.57 Å². The molecular formula is C40H29N4OP. The van der Waals surface area contributed by atoms with Crippen molar-refractivity contribution in [3.05, 3.63) is 176 Å². The number of hydrogen-bond donors (Lipinski definition) is 0. The molecule has 0 fully saturated rings. The van der Waals surface area contributed by atoms with Crippen LogP contribution in [0.3, 0.4) is 0 Å². The van der Waals surface area contributed by atoms with Crippen LogP contribution in [0.2, 0.25) is 0 Å². The number of benzene rings is 6. The summed E-state index contributed by atoms with van der Waals surface area (Å²) >= 11 is 0. The Kier molecular flexibility index (Phi) is 7.01. The van der Waals surface area contributed by atoms with Crippen LogP contribution in [0, 0.1) is 0 Å². The average molecular weight is 613 g/mol. The van der Waals surface area contributed by atoms with Gasteiger partial charge in [0.05, 0.1) is 28.1 Å². The molecule has 0 N–H and O–H groups in total. The molecule has 0 saturated carbocycles. The van der Waals surface area contributed by atoms with Gasteiger partial charge in [-0.05, 0) is 36.4 Å². The fourth-order valence-electron chi connectivity index (χ4n) is 6.14. The molecule has 0 bridgehead atoms. The van der Waals surface area contributed by atoms with Crippen molar-refractivity contribution in [2.24, 2.45) is 0 Å². The standard InChI is InChI=1S/C40H29N4OP/c45-46(34-26-14-5-15-27-34)43(33-24-12-4-13-25-33)35-28-16-17-29-36(35)44(46)39-37(30-18-6-1-7-19-30)41-40(32-22-10-3-11-23-32)42-38(39)31-20-8-2-9-21-31/h1-29H. The maximum absolute atomic E-state index is 16.5. The van der Waals surface area contributed by atoms with Gasteiger partial charge in [0, 0.05) is 22.4 Å². The van der Waals surface area contributed by atoms with E-state index in [-0.39, 0.29) is 0 Å². The minimum absolute atomic E-state index is 0.601. The summed E-state index contributed by atoms with van der Waals surface area (Å²) in [6, 6.07) is 58.1. The van der Waals surface area contributed by atoms with Gasteiger partial charge in [-0.3, -0.25) is 13.9 Å². The van der Waals surface area contributed by atoms with Crippen LogP contribution in [0.25, 0.3) is 33.9 Å². The number of rotatable bonds is 6. The molecule has 0 radical (unpaired) electrons. The lowest BCUT2D eigenvalue weighted by molar-refractivity contribution is 0.582. The van der Waals surface area contributed by atoms with Crippen LogP contribution >= 0.6 is 7.44 Å². The molecule has 1 aromatic heterocycles. The number of anilines is 4. The molecule has 1 aliphatic heterocycles. The first-order valence-electron chi connectivity index (χ1n) is 15.2. The second-order valence-electron chi connectivity index (χ2n) is 11.0. The molecule has 7 aromatic rings. The maximum Gasteiger partial charge on any atom is 0.301 e. The number of fused-ring (bicyclic) bond motifs is 1. The minimum atomic E-state index is -3.66. The summed E-state index contributed by atoms with van der Waals surface area (Å²) in [5, 5.41) is 0.709. The van der Waals surface area contributed by atoms with Crippen LogP contribution < -0.4 is 14.6 Å². The molecule has 1 unspecified atom stereocenters. The number of hydrogen-bond acceptors (Lipinski definition) is 3. The molecule has 8 rings (SSSR count). The number of aromatic nitrogens is 2. The van der Waals surface area contributed by atoms with Crippen LogP contribution in [0.5, 0.6) is 0 Å². The van der Waals surface area contributed by atoms with Gasteiger partial charge in [0.15, 0.2) is 5.82 Å². The largest absolute Gasteiger partial charge is 0.301 e. The number of para-hydroxylation sites is 3. The molecule has 220 valence electrons. The van der Waals surface area contributed by atoms with Crippen LogP contribution in [0.15, 0.2) is 176 Å². The zero-order chi connectivity index (χ0) is 30.9. The SMILES string of the molecule is O=P1(c2ccccc2)N(c2ccccc2)c2ccccc2N1c1c(-c2ccccc2)nc(-c2ccccc2)nc1-c1ccccc1. The van der Waals surface area contributed by atoms with Gasteiger partial charge in [0.25, 0.3) is 0 Å². The molecule has 0 spiro atoms. The van der Waals surface area contributed by atoms with Crippen molar-refractivity contribution >= 4 is 35.5 Å². The van der Waals surface area contributed by atoms with Gasteiger partial charge in [0.2, 0.25) is 0 Å². The Labute approximate surface area is 268 Å². The molecule has 5 nitrogen and oxygen atoms in total. The van der Waals surface area contributed by atoms with E-state index < -0.39 is 7.44 Å². The summed E-state index contributed by atoms with van der Waals surface area (Å²) in [6.45, 7) is 0. The first kappa shape index (κ1) is 27.8. The van der Waals surface area contributed by atoms with Crippen molar-refractivity contribution in [1.82, 2.24) is 9.97 Å². The van der Waals surface area contributed by atoms with Crippen LogP contribution in [-0.4, -0.2) is 9.97 Å². The van der Waals surface area contributed by atoms with Crippen LogP contribution in [-0.2, 0) is 4.57 Å². The lowest BCUT2D eigenvalue weighted by Crippen LogP contribution is -2.27. The van der Waals surface area contributed by atoms with E-state index in [1.807, 2.05) is 161 Å². The molecule has 1 aliphatic rings. The third-order valence-corrected chi connectivity index (χ3v) is 11.1. The molecule has 2 heterocycles. The lowest BCUT2D eigenvalue weighted by atomic mass is 10.0. The van der Waals surface area contributed by atoms with Crippen LogP contribution in [0.4, 0.5) is 22.7 Å². The fourth-order valence-corrected chi connectivity index (χ4v) is 9.17. The van der Waals surface area contributed by atoms with Crippen molar-refractivity contribution < 1.29 is 4.57 Å². The monoisotopic (exact) mass is 612 g/mol. The van der Waals surface area contributed by atoms with Gasteiger partial charge in [0.1, 0.15) is 5.69 Å². The van der Waals surface area contributed by atoms with E-state index in [2.05, 4.69) is 24.3 Å². The van der Waals surface area contributed by atoms with Gasteiger partial charge in [-0.25, -0.2) is 9.97 Å². The van der Waals surface area contributed by atoms with Gasteiger partial charge < -0.3 is 0 Å². The van der Waals surface area contributed by atoms with Gasteiger partial charge >= 0.3 is 7.44 Å². The molecule has 1 atom stereocenters. The summed E-state index contributed by atoms with van der Waals surface area (Å²) in [7, 11) is -3.66. The quantitative estimate of drug-likeness (QED) is 0.175.